The zero-order chi connectivity index (χ0) is 9.42. The van der Waals surface area contributed by atoms with Crippen LogP contribution in [-0.4, -0.2) is 14.6 Å². The topological polar surface area (TPSA) is 30.2 Å². The average Bonchev–Trinajstić information content (AvgIpc) is 2.42. The predicted octanol–water partition coefficient (Wildman–Crippen LogP) is 2.62. The van der Waals surface area contributed by atoms with Gasteiger partial charge < -0.3 is 0 Å². The van der Waals surface area contributed by atoms with Gasteiger partial charge in [0.2, 0.25) is 0 Å². The Morgan fingerprint density at radius 2 is 2.15 bits per heavy atom. The van der Waals surface area contributed by atoms with Crippen LogP contribution in [0.4, 0.5) is 0 Å². The maximum atomic E-state index is 4.42. The monoisotopic (exact) mass is 239 g/mol. The third kappa shape index (κ3) is 1.58. The highest BCUT2D eigenvalue weighted by Gasteiger charge is 2.03. The van der Waals surface area contributed by atoms with Crippen molar-refractivity contribution in [1.29, 1.82) is 0 Å². The molecule has 0 unspecified atom stereocenters. The van der Waals surface area contributed by atoms with E-state index in [1.165, 1.54) is 0 Å². The number of fused-ring (bicyclic) bond motifs is 1. The first-order chi connectivity index (χ1) is 6.16. The van der Waals surface area contributed by atoms with Crippen molar-refractivity contribution in [2.45, 2.75) is 19.8 Å². The lowest BCUT2D eigenvalue weighted by Crippen LogP contribution is -1.98. The Morgan fingerprint density at radius 1 is 1.38 bits per heavy atom. The van der Waals surface area contributed by atoms with E-state index in [-0.39, 0.29) is 0 Å². The lowest BCUT2D eigenvalue weighted by molar-refractivity contribution is 0.764. The summed E-state index contributed by atoms with van der Waals surface area (Å²) in [6.07, 6.45) is 1.86. The third-order valence-electron chi connectivity index (χ3n) is 1.90. The fourth-order valence-electron chi connectivity index (χ4n) is 1.18. The van der Waals surface area contributed by atoms with Gasteiger partial charge in [-0.2, -0.15) is 5.10 Å². The summed E-state index contributed by atoms with van der Waals surface area (Å²) in [4.78, 5) is 4.23. The number of imidazole rings is 1. The predicted molar refractivity (Wildman–Crippen MR) is 54.8 cm³/mol. The molecule has 0 radical (unpaired) electrons. The first-order valence-corrected chi connectivity index (χ1v) is 4.98. The number of hydrogen-bond acceptors (Lipinski definition) is 2. The van der Waals surface area contributed by atoms with Crippen LogP contribution in [0.25, 0.3) is 5.65 Å². The van der Waals surface area contributed by atoms with Crippen molar-refractivity contribution in [1.82, 2.24) is 14.6 Å². The van der Waals surface area contributed by atoms with Crippen molar-refractivity contribution in [3.8, 4) is 0 Å². The third-order valence-corrected chi connectivity index (χ3v) is 2.28. The first kappa shape index (κ1) is 8.69. The highest BCUT2D eigenvalue weighted by atomic mass is 79.9. The number of nitrogens with zero attached hydrogens (tertiary/aromatic N) is 3. The van der Waals surface area contributed by atoms with Crippen LogP contribution in [0.5, 0.6) is 0 Å². The van der Waals surface area contributed by atoms with Crippen molar-refractivity contribution in [2.75, 3.05) is 0 Å². The lowest BCUT2D eigenvalue weighted by Gasteiger charge is -2.02. The normalized spacial score (nSPS) is 11.4. The van der Waals surface area contributed by atoms with E-state index in [0.29, 0.717) is 5.92 Å². The minimum Gasteiger partial charge on any atom is -0.220 e. The van der Waals surface area contributed by atoms with E-state index in [0.717, 1.165) is 15.9 Å². The average molecular weight is 240 g/mol. The van der Waals surface area contributed by atoms with Crippen LogP contribution in [-0.2, 0) is 0 Å². The summed E-state index contributed by atoms with van der Waals surface area (Å²) in [7, 11) is 0. The molecule has 0 aliphatic carbocycles. The maximum absolute atomic E-state index is 4.42. The van der Waals surface area contributed by atoms with E-state index in [1.54, 1.807) is 4.52 Å². The minimum atomic E-state index is 0.450. The summed E-state index contributed by atoms with van der Waals surface area (Å²) in [5.41, 5.74) is 1.95. The van der Waals surface area contributed by atoms with Crippen LogP contribution in [0.3, 0.4) is 0 Å². The van der Waals surface area contributed by atoms with Gasteiger partial charge in [0.25, 0.3) is 0 Å². The molecule has 0 aliphatic rings. The summed E-state index contributed by atoms with van der Waals surface area (Å²) < 4.78 is 2.61. The van der Waals surface area contributed by atoms with Crippen molar-refractivity contribution >= 4 is 21.6 Å². The molecule has 2 rings (SSSR count). The van der Waals surface area contributed by atoms with E-state index < -0.39 is 0 Å². The fourth-order valence-corrected chi connectivity index (χ4v) is 1.55. The van der Waals surface area contributed by atoms with E-state index in [9.17, 15) is 0 Å². The van der Waals surface area contributed by atoms with Crippen molar-refractivity contribution in [2.24, 2.45) is 0 Å². The van der Waals surface area contributed by atoms with E-state index in [2.05, 4.69) is 39.9 Å². The highest BCUT2D eigenvalue weighted by Crippen LogP contribution is 2.14. The highest BCUT2D eigenvalue weighted by molar-refractivity contribution is 9.10. The summed E-state index contributed by atoms with van der Waals surface area (Å²) in [6, 6.07) is 3.99. The molecule has 0 bridgehead atoms. The molecular formula is C9H10BrN3. The van der Waals surface area contributed by atoms with Crippen LogP contribution in [0.1, 0.15) is 25.5 Å². The van der Waals surface area contributed by atoms with Gasteiger partial charge in [0.15, 0.2) is 5.65 Å². The van der Waals surface area contributed by atoms with Gasteiger partial charge in [0, 0.05) is 0 Å². The molecule has 0 N–H and O–H groups in total. The molecule has 13 heavy (non-hydrogen) atoms. The Morgan fingerprint density at radius 3 is 2.85 bits per heavy atom. The van der Waals surface area contributed by atoms with Gasteiger partial charge in [-0.05, 0) is 34.0 Å². The number of rotatable bonds is 1. The van der Waals surface area contributed by atoms with E-state index in [1.807, 2.05) is 18.3 Å². The van der Waals surface area contributed by atoms with Gasteiger partial charge in [0.1, 0.15) is 4.60 Å². The van der Waals surface area contributed by atoms with E-state index >= 15 is 0 Å². The van der Waals surface area contributed by atoms with Gasteiger partial charge in [-0.15, -0.1) is 0 Å². The minimum absolute atomic E-state index is 0.450. The molecule has 0 fully saturated rings. The SMILES string of the molecule is CC(C)c1ccc2nc(Br)cn2n1. The van der Waals surface area contributed by atoms with Crippen LogP contribution in [0.2, 0.25) is 0 Å². The van der Waals surface area contributed by atoms with Crippen LogP contribution < -0.4 is 0 Å². The molecule has 0 saturated carbocycles. The zero-order valence-electron chi connectivity index (χ0n) is 7.53. The molecule has 0 amide bonds. The molecule has 2 aromatic rings. The molecule has 0 saturated heterocycles. The molecule has 2 heterocycles. The molecule has 0 aromatic carbocycles. The Labute approximate surface area is 84.9 Å². The molecule has 0 atom stereocenters. The number of aromatic nitrogens is 3. The second-order valence-electron chi connectivity index (χ2n) is 3.28. The van der Waals surface area contributed by atoms with Crippen LogP contribution in [0.15, 0.2) is 22.9 Å². The molecule has 4 heteroatoms. The second kappa shape index (κ2) is 3.10. The van der Waals surface area contributed by atoms with Crippen LogP contribution >= 0.6 is 15.9 Å². The van der Waals surface area contributed by atoms with Gasteiger partial charge in [-0.25, -0.2) is 9.50 Å². The second-order valence-corrected chi connectivity index (χ2v) is 4.09. The van der Waals surface area contributed by atoms with Gasteiger partial charge in [-0.1, -0.05) is 13.8 Å². The first-order valence-electron chi connectivity index (χ1n) is 4.18. The van der Waals surface area contributed by atoms with E-state index in [4.69, 9.17) is 0 Å². The summed E-state index contributed by atoms with van der Waals surface area (Å²) in [5, 5.41) is 4.42. The van der Waals surface area contributed by atoms with Crippen molar-refractivity contribution in [3.05, 3.63) is 28.6 Å². The number of hydrogen-bond donors (Lipinski definition) is 0. The Bertz CT molecular complexity index is 433. The molecule has 0 aliphatic heterocycles. The summed E-state index contributed by atoms with van der Waals surface area (Å²) in [5.74, 6) is 0.450. The Balaban J connectivity index is 2.61. The summed E-state index contributed by atoms with van der Waals surface area (Å²) in [6.45, 7) is 4.25. The van der Waals surface area contributed by atoms with Gasteiger partial charge in [0.05, 0.1) is 11.9 Å². The van der Waals surface area contributed by atoms with Gasteiger partial charge in [-0.3, -0.25) is 0 Å². The molecular weight excluding hydrogens is 230 g/mol. The zero-order valence-corrected chi connectivity index (χ0v) is 9.12. The lowest BCUT2D eigenvalue weighted by atomic mass is 10.1. The van der Waals surface area contributed by atoms with Crippen LogP contribution in [0, 0.1) is 0 Å². The largest absolute Gasteiger partial charge is 0.220 e. The standard InChI is InChI=1S/C9H10BrN3/c1-6(2)7-3-4-9-11-8(10)5-13(9)12-7/h3-6H,1-2H3. The smallest absolute Gasteiger partial charge is 0.154 e. The molecule has 68 valence electrons. The number of halogens is 1. The quantitative estimate of drug-likeness (QED) is 0.766. The summed E-state index contributed by atoms with van der Waals surface area (Å²) >= 11 is 3.31. The molecule has 2 aromatic heterocycles. The van der Waals surface area contributed by atoms with Crippen molar-refractivity contribution < 1.29 is 0 Å². The maximum Gasteiger partial charge on any atom is 0.154 e. The molecule has 0 spiro atoms. The molecule has 3 nitrogen and oxygen atoms in total. The van der Waals surface area contributed by atoms with Crippen molar-refractivity contribution in [3.63, 3.8) is 0 Å². The van der Waals surface area contributed by atoms with Gasteiger partial charge >= 0.3 is 0 Å². The Kier molecular flexibility index (Phi) is 2.07. The Hall–Kier alpha value is -0.900. The fraction of sp³-hybridized carbons (Fsp3) is 0.333.